The molecule has 0 radical (unpaired) electrons. The van der Waals surface area contributed by atoms with Crippen molar-refractivity contribution in [2.24, 2.45) is 0 Å². The highest BCUT2D eigenvalue weighted by Crippen LogP contribution is 2.30. The first-order chi connectivity index (χ1) is 16.5. The van der Waals surface area contributed by atoms with E-state index >= 15 is 0 Å². The number of carboxylic acids is 1. The van der Waals surface area contributed by atoms with Crippen molar-refractivity contribution in [2.75, 3.05) is 5.75 Å². The lowest BCUT2D eigenvalue weighted by Gasteiger charge is -2.15. The number of nitrogens with one attached hydrogen (secondary N) is 1. The molecule has 0 aliphatic carbocycles. The van der Waals surface area contributed by atoms with E-state index in [1.807, 2.05) is 13.8 Å². The van der Waals surface area contributed by atoms with Crippen molar-refractivity contribution in [1.82, 2.24) is 5.32 Å². The van der Waals surface area contributed by atoms with E-state index in [2.05, 4.69) is 5.32 Å². The van der Waals surface area contributed by atoms with E-state index in [-0.39, 0.29) is 28.2 Å². The first kappa shape index (κ1) is 29.6. The van der Waals surface area contributed by atoms with Gasteiger partial charge in [-0.05, 0) is 55.4 Å². The summed E-state index contributed by atoms with van der Waals surface area (Å²) in [6, 6.07) is 5.49. The van der Waals surface area contributed by atoms with Crippen molar-refractivity contribution in [3.63, 3.8) is 0 Å². The van der Waals surface area contributed by atoms with Gasteiger partial charge >= 0.3 is 17.2 Å². The van der Waals surface area contributed by atoms with Gasteiger partial charge in [-0.15, -0.1) is 0 Å². The summed E-state index contributed by atoms with van der Waals surface area (Å²) in [6.07, 6.45) is -0.504. The molecule has 0 saturated heterocycles. The molecule has 1 atom stereocenters. The first-order valence-electron chi connectivity index (χ1n) is 10.6. The van der Waals surface area contributed by atoms with E-state index in [1.165, 1.54) is 24.3 Å². The van der Waals surface area contributed by atoms with Crippen LogP contribution in [0.15, 0.2) is 36.4 Å². The smallest absolute Gasteiger partial charge is 0.372 e. The number of carbonyl (C=O) groups is 4. The molecule has 2 rings (SSSR count). The van der Waals surface area contributed by atoms with E-state index in [4.69, 9.17) is 14.6 Å². The second kappa shape index (κ2) is 14.1. The molecule has 0 aromatic heterocycles. The molecule has 8 nitrogen and oxygen atoms in total. The van der Waals surface area contributed by atoms with Gasteiger partial charge in [0.25, 0.3) is 0 Å². The van der Waals surface area contributed by atoms with Crippen LogP contribution < -0.4 is 10.1 Å². The maximum atomic E-state index is 14.2. The van der Waals surface area contributed by atoms with Gasteiger partial charge in [-0.1, -0.05) is 19.9 Å². The zero-order valence-corrected chi connectivity index (χ0v) is 20.7. The van der Waals surface area contributed by atoms with E-state index < -0.39 is 46.9 Å². The maximum absolute atomic E-state index is 14.2. The molecule has 0 spiro atoms. The van der Waals surface area contributed by atoms with Crippen LogP contribution in [0.4, 0.5) is 13.6 Å². The largest absolute Gasteiger partial charge is 0.480 e. The van der Waals surface area contributed by atoms with Crippen LogP contribution in [0.1, 0.15) is 45.0 Å². The minimum absolute atomic E-state index is 0.0156. The number of carboxylic acid groups (broad SMARTS) is 1. The van der Waals surface area contributed by atoms with Crippen molar-refractivity contribution in [3.05, 3.63) is 53.6 Å². The lowest BCUT2D eigenvalue weighted by Crippen LogP contribution is -2.41. The molecule has 1 amide bonds. The summed E-state index contributed by atoms with van der Waals surface area (Å²) >= 11 is 0.478. The fourth-order valence-electron chi connectivity index (χ4n) is 2.64. The van der Waals surface area contributed by atoms with Gasteiger partial charge in [-0.3, -0.25) is 4.79 Å². The Bertz CT molecular complexity index is 1080. The Kier molecular flexibility index (Phi) is 11.9. The number of hydrogen-bond acceptors (Lipinski definition) is 7. The molecule has 0 aliphatic rings. The molecule has 35 heavy (non-hydrogen) atoms. The molecule has 2 aromatic carbocycles. The van der Waals surface area contributed by atoms with Gasteiger partial charge in [0, 0.05) is 24.3 Å². The lowest BCUT2D eigenvalue weighted by molar-refractivity contribution is -0.140. The summed E-state index contributed by atoms with van der Waals surface area (Å²) in [6.45, 7) is 8.35. The van der Waals surface area contributed by atoms with Gasteiger partial charge in [-0.2, -0.15) is 0 Å². The van der Waals surface area contributed by atoms with Gasteiger partial charge in [0.15, 0.2) is 0 Å². The number of rotatable bonds is 8. The lowest BCUT2D eigenvalue weighted by atomic mass is 10.0. The summed E-state index contributed by atoms with van der Waals surface area (Å²) in [4.78, 5) is 47.1. The van der Waals surface area contributed by atoms with Crippen LogP contribution in [0.25, 0.3) is 11.1 Å². The molecule has 1 unspecified atom stereocenters. The Morgan fingerprint density at radius 2 is 1.71 bits per heavy atom. The second-order valence-corrected chi connectivity index (χ2v) is 8.00. The SMILES string of the molecule is CC.CC(=O)NC(CSC(=O)Oc1ccc(-c2ccc(F)cc2F)cc1C(=O)OC(C)C)C(=O)O. The van der Waals surface area contributed by atoms with E-state index in [0.717, 1.165) is 13.0 Å². The normalized spacial score (nSPS) is 11.1. The second-order valence-electron chi connectivity index (χ2n) is 7.04. The minimum Gasteiger partial charge on any atom is -0.480 e. The average Bonchev–Trinajstić information content (AvgIpc) is 2.77. The number of benzene rings is 2. The minimum atomic E-state index is -1.34. The molecule has 0 fully saturated rings. The molecular weight excluding hydrogens is 484 g/mol. The highest BCUT2D eigenvalue weighted by Gasteiger charge is 2.23. The highest BCUT2D eigenvalue weighted by molar-refractivity contribution is 8.13. The number of esters is 1. The number of carbonyl (C=O) groups excluding carboxylic acids is 3. The van der Waals surface area contributed by atoms with Gasteiger partial charge in [0.2, 0.25) is 5.91 Å². The molecule has 0 bridgehead atoms. The molecule has 0 saturated carbocycles. The Hall–Kier alpha value is -3.47. The fourth-order valence-corrected chi connectivity index (χ4v) is 3.32. The molecule has 11 heteroatoms. The number of amides is 1. The fraction of sp³-hybridized carbons (Fsp3) is 0.333. The molecule has 190 valence electrons. The van der Waals surface area contributed by atoms with Crippen LogP contribution in [0.3, 0.4) is 0 Å². The molecule has 0 heterocycles. The summed E-state index contributed by atoms with van der Waals surface area (Å²) < 4.78 is 37.8. The van der Waals surface area contributed by atoms with Crippen LogP contribution in [0, 0.1) is 11.6 Å². The maximum Gasteiger partial charge on any atom is 0.372 e. The topological polar surface area (TPSA) is 119 Å². The third-order valence-electron chi connectivity index (χ3n) is 4.02. The number of thioether (sulfide) groups is 1. The molecule has 2 aromatic rings. The number of aliphatic carboxylic acids is 1. The van der Waals surface area contributed by atoms with Crippen molar-refractivity contribution in [1.29, 1.82) is 0 Å². The standard InChI is InChI=1S/C22H21F2NO7S.C2H6/c1-11(2)31-21(29)16-8-13(15-6-5-14(23)9-17(15)24)4-7-19(16)32-22(30)33-10-18(20(27)28)25-12(3)26;1-2/h4-9,11,18H,10H2,1-3H3,(H,25,26)(H,27,28);1-2H3. The van der Waals surface area contributed by atoms with Crippen LogP contribution in [0.5, 0.6) is 5.75 Å². The van der Waals surface area contributed by atoms with Crippen LogP contribution >= 0.6 is 11.8 Å². The summed E-state index contributed by atoms with van der Waals surface area (Å²) in [7, 11) is 0. The van der Waals surface area contributed by atoms with Crippen molar-refractivity contribution in [3.8, 4) is 16.9 Å². The first-order valence-corrected chi connectivity index (χ1v) is 11.6. The van der Waals surface area contributed by atoms with Crippen molar-refractivity contribution >= 4 is 34.9 Å². The number of ether oxygens (including phenoxy) is 2. The summed E-state index contributed by atoms with van der Waals surface area (Å²) in [5, 5.41) is 10.4. The predicted molar refractivity (Wildman–Crippen MR) is 127 cm³/mol. The zero-order valence-electron chi connectivity index (χ0n) is 19.9. The van der Waals surface area contributed by atoms with Crippen LogP contribution in [0.2, 0.25) is 0 Å². The highest BCUT2D eigenvalue weighted by atomic mass is 32.2. The quantitative estimate of drug-likeness (QED) is 0.473. The Balaban J connectivity index is 0.00000298. The monoisotopic (exact) mass is 511 g/mol. The van der Waals surface area contributed by atoms with Gasteiger partial charge < -0.3 is 19.9 Å². The summed E-state index contributed by atoms with van der Waals surface area (Å²) in [5.74, 6) is -4.90. The van der Waals surface area contributed by atoms with Gasteiger partial charge in [-0.25, -0.2) is 23.2 Å². The number of halogens is 2. The van der Waals surface area contributed by atoms with Gasteiger partial charge in [0.05, 0.1) is 6.10 Å². The van der Waals surface area contributed by atoms with E-state index in [0.29, 0.717) is 17.8 Å². The van der Waals surface area contributed by atoms with Crippen LogP contribution in [-0.4, -0.2) is 46.2 Å². The third kappa shape index (κ3) is 9.36. The van der Waals surface area contributed by atoms with Crippen molar-refractivity contribution < 1.29 is 42.5 Å². The Labute approximate surface area is 206 Å². The van der Waals surface area contributed by atoms with Gasteiger partial charge in [0.1, 0.15) is 29.0 Å². The number of hydrogen-bond donors (Lipinski definition) is 2. The average molecular weight is 512 g/mol. The third-order valence-corrected chi connectivity index (χ3v) is 4.84. The molecular formula is C24H27F2NO7S. The van der Waals surface area contributed by atoms with Crippen molar-refractivity contribution in [2.45, 2.75) is 46.8 Å². The molecule has 0 aliphatic heterocycles. The van der Waals surface area contributed by atoms with E-state index in [1.54, 1.807) is 13.8 Å². The molecule has 2 N–H and O–H groups in total. The summed E-state index contributed by atoms with van der Waals surface area (Å²) in [5.41, 5.74) is 0.0460. The Morgan fingerprint density at radius 1 is 1.06 bits per heavy atom. The van der Waals surface area contributed by atoms with Crippen LogP contribution in [-0.2, 0) is 14.3 Å². The Morgan fingerprint density at radius 3 is 2.26 bits per heavy atom. The van der Waals surface area contributed by atoms with E-state index in [9.17, 15) is 28.0 Å². The predicted octanol–water partition coefficient (Wildman–Crippen LogP) is 5.04. The zero-order chi connectivity index (χ0) is 26.7.